The highest BCUT2D eigenvalue weighted by atomic mass is 16.6. The molecule has 29 heavy (non-hydrogen) atoms. The van der Waals surface area contributed by atoms with Crippen LogP contribution in [0.5, 0.6) is 11.5 Å². The Morgan fingerprint density at radius 3 is 2.14 bits per heavy atom. The number of nitro benzene ring substituents is 1. The van der Waals surface area contributed by atoms with Crippen molar-refractivity contribution in [3.8, 4) is 11.5 Å². The third-order valence-corrected chi connectivity index (χ3v) is 4.41. The number of nitrogens with zero attached hydrogens (tertiary/aromatic N) is 1. The van der Waals surface area contributed by atoms with E-state index in [9.17, 15) is 14.9 Å². The highest BCUT2D eigenvalue weighted by molar-refractivity contribution is 6.04. The van der Waals surface area contributed by atoms with Gasteiger partial charge in [-0.25, -0.2) is 0 Å². The van der Waals surface area contributed by atoms with E-state index in [1.165, 1.54) is 24.3 Å². The molecule has 142 valence electrons. The number of carbonyl (C=O) groups is 1. The second-order valence-electron chi connectivity index (χ2n) is 6.39. The molecule has 6 heteroatoms. The van der Waals surface area contributed by atoms with Crippen molar-refractivity contribution in [1.82, 2.24) is 0 Å². The van der Waals surface area contributed by atoms with Crippen LogP contribution in [0.1, 0.15) is 10.4 Å². The molecule has 0 radical (unpaired) electrons. The molecule has 0 fully saturated rings. The van der Waals surface area contributed by atoms with Gasteiger partial charge in [-0.1, -0.05) is 30.3 Å². The lowest BCUT2D eigenvalue weighted by Gasteiger charge is -2.09. The summed E-state index contributed by atoms with van der Waals surface area (Å²) in [4.78, 5) is 22.5. The fraction of sp³-hybridized carbons (Fsp3) is 0. The van der Waals surface area contributed by atoms with Crippen LogP contribution in [0.2, 0.25) is 0 Å². The summed E-state index contributed by atoms with van der Waals surface area (Å²) in [5.41, 5.74) is 0.878. The third-order valence-electron chi connectivity index (χ3n) is 4.41. The molecular weight excluding hydrogens is 368 g/mol. The standard InChI is InChI=1S/C23H16N2O4/c26-23(17-5-10-20(11-6-17)25(27)28)24-19-8-13-21(14-9-19)29-22-12-7-16-3-1-2-4-18(16)15-22/h1-15H,(H,24,26). The van der Waals surface area contributed by atoms with Crippen LogP contribution in [0.15, 0.2) is 91.0 Å². The number of nitro groups is 1. The zero-order valence-electron chi connectivity index (χ0n) is 15.2. The van der Waals surface area contributed by atoms with Gasteiger partial charge < -0.3 is 10.1 Å². The van der Waals surface area contributed by atoms with Crippen LogP contribution in [-0.4, -0.2) is 10.8 Å². The maximum Gasteiger partial charge on any atom is 0.269 e. The van der Waals surface area contributed by atoms with E-state index < -0.39 is 4.92 Å². The van der Waals surface area contributed by atoms with Crippen LogP contribution in [0, 0.1) is 10.1 Å². The van der Waals surface area contributed by atoms with Gasteiger partial charge in [0, 0.05) is 23.4 Å². The predicted molar refractivity (Wildman–Crippen MR) is 112 cm³/mol. The van der Waals surface area contributed by atoms with Crippen molar-refractivity contribution >= 4 is 28.1 Å². The van der Waals surface area contributed by atoms with Crippen LogP contribution < -0.4 is 10.1 Å². The Kier molecular flexibility index (Phi) is 4.90. The van der Waals surface area contributed by atoms with Crippen LogP contribution in [0.25, 0.3) is 10.8 Å². The van der Waals surface area contributed by atoms with E-state index in [-0.39, 0.29) is 11.6 Å². The van der Waals surface area contributed by atoms with Gasteiger partial charge in [0.15, 0.2) is 0 Å². The van der Waals surface area contributed by atoms with Crippen molar-refractivity contribution in [2.45, 2.75) is 0 Å². The summed E-state index contributed by atoms with van der Waals surface area (Å²) in [6.07, 6.45) is 0. The molecular formula is C23H16N2O4. The Morgan fingerprint density at radius 2 is 1.45 bits per heavy atom. The Morgan fingerprint density at radius 1 is 0.793 bits per heavy atom. The summed E-state index contributed by atoms with van der Waals surface area (Å²) in [5, 5.41) is 15.7. The van der Waals surface area contributed by atoms with E-state index in [1.807, 2.05) is 42.5 Å². The summed E-state index contributed by atoms with van der Waals surface area (Å²) in [5.74, 6) is 1.03. The van der Waals surface area contributed by atoms with E-state index in [1.54, 1.807) is 24.3 Å². The fourth-order valence-corrected chi connectivity index (χ4v) is 2.91. The molecule has 4 aromatic carbocycles. The number of carbonyl (C=O) groups excluding carboxylic acids is 1. The molecule has 1 N–H and O–H groups in total. The molecule has 0 aromatic heterocycles. The number of hydrogen-bond acceptors (Lipinski definition) is 4. The van der Waals surface area contributed by atoms with Gasteiger partial charge in [-0.2, -0.15) is 0 Å². The van der Waals surface area contributed by atoms with Gasteiger partial charge >= 0.3 is 0 Å². The average Bonchev–Trinajstić information content (AvgIpc) is 2.75. The number of rotatable bonds is 5. The molecule has 0 saturated carbocycles. The maximum atomic E-state index is 12.3. The molecule has 0 bridgehead atoms. The second kappa shape index (κ2) is 7.82. The molecule has 0 aliphatic rings. The first-order valence-corrected chi connectivity index (χ1v) is 8.91. The van der Waals surface area contributed by atoms with Crippen LogP contribution in [-0.2, 0) is 0 Å². The number of non-ortho nitro benzene ring substituents is 1. The molecule has 4 aromatic rings. The summed E-state index contributed by atoms with van der Waals surface area (Å²) in [6.45, 7) is 0. The minimum Gasteiger partial charge on any atom is -0.457 e. The van der Waals surface area contributed by atoms with Crippen molar-refractivity contribution in [3.63, 3.8) is 0 Å². The highest BCUT2D eigenvalue weighted by Crippen LogP contribution is 2.26. The topological polar surface area (TPSA) is 81.5 Å². The normalized spacial score (nSPS) is 10.5. The Bertz CT molecular complexity index is 1190. The molecule has 0 spiro atoms. The van der Waals surface area contributed by atoms with Crippen LogP contribution in [0.3, 0.4) is 0 Å². The van der Waals surface area contributed by atoms with Crippen LogP contribution >= 0.6 is 0 Å². The van der Waals surface area contributed by atoms with Crippen molar-refractivity contribution in [2.24, 2.45) is 0 Å². The molecule has 0 aliphatic heterocycles. The lowest BCUT2D eigenvalue weighted by molar-refractivity contribution is -0.384. The quantitative estimate of drug-likeness (QED) is 0.349. The third kappa shape index (κ3) is 4.22. The molecule has 0 unspecified atom stereocenters. The number of nitrogens with one attached hydrogen (secondary N) is 1. The molecule has 1 amide bonds. The minimum atomic E-state index is -0.504. The number of hydrogen-bond donors (Lipinski definition) is 1. The van der Waals surface area contributed by atoms with E-state index in [2.05, 4.69) is 5.32 Å². The van der Waals surface area contributed by atoms with Crippen LogP contribution in [0.4, 0.5) is 11.4 Å². The van der Waals surface area contributed by atoms with Crippen molar-refractivity contribution in [2.75, 3.05) is 5.32 Å². The number of fused-ring (bicyclic) bond motifs is 1. The number of benzene rings is 4. The molecule has 0 heterocycles. The molecule has 0 atom stereocenters. The highest BCUT2D eigenvalue weighted by Gasteiger charge is 2.10. The zero-order valence-corrected chi connectivity index (χ0v) is 15.2. The summed E-state index contributed by atoms with van der Waals surface area (Å²) in [7, 11) is 0. The number of anilines is 1. The second-order valence-corrected chi connectivity index (χ2v) is 6.39. The van der Waals surface area contributed by atoms with Crippen molar-refractivity contribution < 1.29 is 14.5 Å². The maximum absolute atomic E-state index is 12.3. The van der Waals surface area contributed by atoms with Crippen molar-refractivity contribution in [3.05, 3.63) is 107 Å². The summed E-state index contributed by atoms with van der Waals surface area (Å²) >= 11 is 0. The first-order chi connectivity index (χ1) is 14.1. The first kappa shape index (κ1) is 18.2. The lowest BCUT2D eigenvalue weighted by Crippen LogP contribution is -2.11. The lowest BCUT2D eigenvalue weighted by atomic mass is 10.1. The van der Waals surface area contributed by atoms with Gasteiger partial charge in [-0.05, 0) is 59.3 Å². The van der Waals surface area contributed by atoms with Gasteiger partial charge in [0.1, 0.15) is 11.5 Å². The van der Waals surface area contributed by atoms with Gasteiger partial charge in [-0.15, -0.1) is 0 Å². The summed E-state index contributed by atoms with van der Waals surface area (Å²) < 4.78 is 5.89. The SMILES string of the molecule is O=C(Nc1ccc(Oc2ccc3ccccc3c2)cc1)c1ccc([N+](=O)[O-])cc1. The largest absolute Gasteiger partial charge is 0.457 e. The van der Waals surface area contributed by atoms with E-state index in [0.717, 1.165) is 16.5 Å². The minimum absolute atomic E-state index is 0.0586. The molecule has 0 aliphatic carbocycles. The fourth-order valence-electron chi connectivity index (χ4n) is 2.91. The zero-order chi connectivity index (χ0) is 20.2. The average molecular weight is 384 g/mol. The van der Waals surface area contributed by atoms with E-state index >= 15 is 0 Å². The van der Waals surface area contributed by atoms with Gasteiger partial charge in [-0.3, -0.25) is 14.9 Å². The Hall–Kier alpha value is -4.19. The van der Waals surface area contributed by atoms with Gasteiger partial charge in [0.05, 0.1) is 4.92 Å². The molecule has 0 saturated heterocycles. The smallest absolute Gasteiger partial charge is 0.269 e. The number of amides is 1. The van der Waals surface area contributed by atoms with Gasteiger partial charge in [0.2, 0.25) is 0 Å². The van der Waals surface area contributed by atoms with E-state index in [4.69, 9.17) is 4.74 Å². The number of ether oxygens (including phenoxy) is 1. The molecule has 4 rings (SSSR count). The first-order valence-electron chi connectivity index (χ1n) is 8.91. The monoisotopic (exact) mass is 384 g/mol. The predicted octanol–water partition coefficient (Wildman–Crippen LogP) is 5.79. The molecule has 6 nitrogen and oxygen atoms in total. The Labute approximate surface area is 166 Å². The van der Waals surface area contributed by atoms with Crippen molar-refractivity contribution in [1.29, 1.82) is 0 Å². The van der Waals surface area contributed by atoms with Gasteiger partial charge in [0.25, 0.3) is 11.6 Å². The van der Waals surface area contributed by atoms with E-state index in [0.29, 0.717) is 17.0 Å². The Balaban J connectivity index is 1.43. The summed E-state index contributed by atoms with van der Waals surface area (Å²) in [6, 6.07) is 26.4.